The quantitative estimate of drug-likeness (QED) is 0.758. The number of sulfonamides is 1. The Kier molecular flexibility index (Phi) is 5.34. The molecule has 0 saturated heterocycles. The second-order valence-electron chi connectivity index (χ2n) is 7.17. The number of benzene rings is 1. The summed E-state index contributed by atoms with van der Waals surface area (Å²) in [6.07, 6.45) is 0. The summed E-state index contributed by atoms with van der Waals surface area (Å²) in [5, 5.41) is 9.67. The zero-order valence-electron chi connectivity index (χ0n) is 15.0. The first kappa shape index (κ1) is 19.1. The largest absolute Gasteiger partial charge is 0.305 e. The lowest BCUT2D eigenvalue weighted by Crippen LogP contribution is -2.30. The van der Waals surface area contributed by atoms with Gasteiger partial charge in [0.15, 0.2) is 5.82 Å². The smallest absolute Gasteiger partial charge is 0.256 e. The minimum absolute atomic E-state index is 0.102. The lowest BCUT2D eigenvalue weighted by Gasteiger charge is -2.14. The van der Waals surface area contributed by atoms with Crippen LogP contribution >= 0.6 is 0 Å². The zero-order valence-corrected chi connectivity index (χ0v) is 15.9. The van der Waals surface area contributed by atoms with E-state index in [1.54, 1.807) is 19.9 Å². The summed E-state index contributed by atoms with van der Waals surface area (Å²) < 4.78 is 26.7. The van der Waals surface area contributed by atoms with Crippen LogP contribution < -0.4 is 10.0 Å². The van der Waals surface area contributed by atoms with Gasteiger partial charge in [-0.2, -0.15) is 5.10 Å². The van der Waals surface area contributed by atoms with Crippen molar-refractivity contribution in [2.75, 3.05) is 5.32 Å². The average Bonchev–Trinajstić information content (AvgIpc) is 2.94. The van der Waals surface area contributed by atoms with Gasteiger partial charge in [-0.3, -0.25) is 9.89 Å². The van der Waals surface area contributed by atoms with Gasteiger partial charge in [-0.05, 0) is 38.1 Å². The Labute approximate surface area is 148 Å². The Morgan fingerprint density at radius 2 is 1.76 bits per heavy atom. The Hall–Kier alpha value is -2.19. The fourth-order valence-electron chi connectivity index (χ4n) is 2.12. The second-order valence-corrected chi connectivity index (χ2v) is 8.89. The number of hydrogen-bond donors (Lipinski definition) is 3. The van der Waals surface area contributed by atoms with Crippen LogP contribution in [0.3, 0.4) is 0 Å². The maximum absolute atomic E-state index is 12.3. The molecule has 136 valence electrons. The Balaban J connectivity index is 2.12. The van der Waals surface area contributed by atoms with E-state index < -0.39 is 10.0 Å². The average molecular weight is 364 g/mol. The lowest BCUT2D eigenvalue weighted by atomic mass is 9.92. The highest BCUT2D eigenvalue weighted by molar-refractivity contribution is 7.89. The van der Waals surface area contributed by atoms with Gasteiger partial charge in [-0.15, -0.1) is 0 Å². The standard InChI is InChI=1S/C17H24N4O3S/c1-11(2)21-25(23,24)13-8-6-12(7-9-13)16(22)18-15-10-14(19-20-15)17(3,4)5/h6-11,21H,1-5H3,(H2,18,19,20,22). The predicted octanol–water partition coefficient (Wildman–Crippen LogP) is 2.65. The highest BCUT2D eigenvalue weighted by Crippen LogP contribution is 2.22. The molecule has 1 aromatic carbocycles. The molecule has 0 aliphatic rings. The van der Waals surface area contributed by atoms with Crippen LogP contribution in [0.1, 0.15) is 50.7 Å². The van der Waals surface area contributed by atoms with Gasteiger partial charge in [-0.25, -0.2) is 13.1 Å². The van der Waals surface area contributed by atoms with Gasteiger partial charge in [0.25, 0.3) is 5.91 Å². The molecule has 0 unspecified atom stereocenters. The molecule has 1 heterocycles. The molecule has 0 bridgehead atoms. The van der Waals surface area contributed by atoms with E-state index in [1.165, 1.54) is 24.3 Å². The number of amides is 1. The minimum Gasteiger partial charge on any atom is -0.305 e. The molecule has 0 fully saturated rings. The van der Waals surface area contributed by atoms with Gasteiger partial charge >= 0.3 is 0 Å². The van der Waals surface area contributed by atoms with Crippen LogP contribution in [0.15, 0.2) is 35.2 Å². The number of aromatic amines is 1. The fraction of sp³-hybridized carbons (Fsp3) is 0.412. The van der Waals surface area contributed by atoms with E-state index >= 15 is 0 Å². The van der Waals surface area contributed by atoms with Gasteiger partial charge < -0.3 is 5.32 Å². The molecule has 0 radical (unpaired) electrons. The van der Waals surface area contributed by atoms with Crippen molar-refractivity contribution in [3.8, 4) is 0 Å². The van der Waals surface area contributed by atoms with Crippen molar-refractivity contribution in [3.05, 3.63) is 41.6 Å². The maximum atomic E-state index is 12.3. The minimum atomic E-state index is -3.57. The number of aromatic nitrogens is 2. The van der Waals surface area contributed by atoms with E-state index in [-0.39, 0.29) is 22.3 Å². The van der Waals surface area contributed by atoms with Crippen molar-refractivity contribution in [1.29, 1.82) is 0 Å². The van der Waals surface area contributed by atoms with Crippen molar-refractivity contribution in [2.45, 2.75) is 51.0 Å². The molecule has 1 amide bonds. The molecular weight excluding hydrogens is 340 g/mol. The molecule has 0 atom stereocenters. The van der Waals surface area contributed by atoms with Crippen LogP contribution in [0.2, 0.25) is 0 Å². The number of nitrogens with one attached hydrogen (secondary N) is 3. The summed E-state index contributed by atoms with van der Waals surface area (Å²) in [6, 6.07) is 7.34. The third kappa shape index (κ3) is 4.90. The molecule has 2 rings (SSSR count). The molecule has 3 N–H and O–H groups in total. The van der Waals surface area contributed by atoms with Crippen molar-refractivity contribution in [2.24, 2.45) is 0 Å². The number of rotatable bonds is 5. The SMILES string of the molecule is CC(C)NS(=O)(=O)c1ccc(C(=O)Nc2cc(C(C)(C)C)[nH]n2)cc1. The van der Waals surface area contributed by atoms with Crippen molar-refractivity contribution in [3.63, 3.8) is 0 Å². The first-order valence-electron chi connectivity index (χ1n) is 7.99. The first-order valence-corrected chi connectivity index (χ1v) is 9.47. The van der Waals surface area contributed by atoms with Crippen LogP contribution in [0.5, 0.6) is 0 Å². The maximum Gasteiger partial charge on any atom is 0.256 e. The third-order valence-corrected chi connectivity index (χ3v) is 5.12. The molecule has 0 saturated carbocycles. The summed E-state index contributed by atoms with van der Waals surface area (Å²) in [7, 11) is -3.57. The number of nitrogens with zero attached hydrogens (tertiary/aromatic N) is 1. The molecule has 0 aliphatic heterocycles. The molecule has 0 aliphatic carbocycles. The molecule has 2 aromatic rings. The van der Waals surface area contributed by atoms with Gasteiger partial charge in [-0.1, -0.05) is 20.8 Å². The van der Waals surface area contributed by atoms with E-state index in [1.807, 2.05) is 20.8 Å². The summed E-state index contributed by atoms with van der Waals surface area (Å²) in [5.41, 5.74) is 1.16. The third-order valence-electron chi connectivity index (χ3n) is 3.45. The Morgan fingerprint density at radius 3 is 2.24 bits per heavy atom. The van der Waals surface area contributed by atoms with Crippen molar-refractivity contribution in [1.82, 2.24) is 14.9 Å². The van der Waals surface area contributed by atoms with Gasteiger partial charge in [0, 0.05) is 28.8 Å². The van der Waals surface area contributed by atoms with E-state index in [4.69, 9.17) is 0 Å². The molecular formula is C17H24N4O3S. The summed E-state index contributed by atoms with van der Waals surface area (Å²) >= 11 is 0. The number of H-pyrrole nitrogens is 1. The van der Waals surface area contributed by atoms with E-state index in [0.717, 1.165) is 5.69 Å². The fourth-order valence-corrected chi connectivity index (χ4v) is 3.37. The van der Waals surface area contributed by atoms with Crippen LogP contribution in [0.25, 0.3) is 0 Å². The molecule has 25 heavy (non-hydrogen) atoms. The van der Waals surface area contributed by atoms with Crippen LogP contribution in [0.4, 0.5) is 5.82 Å². The predicted molar refractivity (Wildman–Crippen MR) is 97.1 cm³/mol. The first-order chi connectivity index (χ1) is 11.5. The number of hydrogen-bond acceptors (Lipinski definition) is 4. The van der Waals surface area contributed by atoms with E-state index in [9.17, 15) is 13.2 Å². The summed E-state index contributed by atoms with van der Waals surface area (Å²) in [4.78, 5) is 12.4. The topological polar surface area (TPSA) is 104 Å². The summed E-state index contributed by atoms with van der Waals surface area (Å²) in [6.45, 7) is 9.60. The van der Waals surface area contributed by atoms with Crippen LogP contribution in [-0.2, 0) is 15.4 Å². The highest BCUT2D eigenvalue weighted by Gasteiger charge is 2.19. The van der Waals surface area contributed by atoms with Gasteiger partial charge in [0.1, 0.15) is 0 Å². The van der Waals surface area contributed by atoms with Crippen molar-refractivity contribution >= 4 is 21.7 Å². The van der Waals surface area contributed by atoms with E-state index in [0.29, 0.717) is 11.4 Å². The number of carbonyl (C=O) groups is 1. The Bertz CT molecular complexity index is 847. The lowest BCUT2D eigenvalue weighted by molar-refractivity contribution is 0.102. The van der Waals surface area contributed by atoms with Crippen LogP contribution in [0, 0.1) is 0 Å². The van der Waals surface area contributed by atoms with Crippen LogP contribution in [-0.4, -0.2) is 30.6 Å². The van der Waals surface area contributed by atoms with Gasteiger partial charge in [0.2, 0.25) is 10.0 Å². The number of carbonyl (C=O) groups excluding carboxylic acids is 1. The molecule has 8 heteroatoms. The second kappa shape index (κ2) is 6.97. The molecule has 0 spiro atoms. The molecule has 1 aromatic heterocycles. The highest BCUT2D eigenvalue weighted by atomic mass is 32.2. The van der Waals surface area contributed by atoms with E-state index in [2.05, 4.69) is 20.2 Å². The number of anilines is 1. The normalized spacial score (nSPS) is 12.4. The summed E-state index contributed by atoms with van der Waals surface area (Å²) in [5.74, 6) is 0.0702. The Morgan fingerprint density at radius 1 is 1.16 bits per heavy atom. The molecule has 7 nitrogen and oxygen atoms in total. The zero-order chi connectivity index (χ0) is 18.8. The monoisotopic (exact) mass is 364 g/mol. The van der Waals surface area contributed by atoms with Gasteiger partial charge in [0.05, 0.1) is 4.90 Å². The van der Waals surface area contributed by atoms with Crippen molar-refractivity contribution < 1.29 is 13.2 Å².